The Bertz CT molecular complexity index is 500. The molecule has 0 aliphatic carbocycles. The van der Waals surface area contributed by atoms with Crippen molar-refractivity contribution in [3.63, 3.8) is 0 Å². The van der Waals surface area contributed by atoms with E-state index in [0.29, 0.717) is 16.4 Å². The minimum atomic E-state index is 0.472. The third-order valence-corrected chi connectivity index (χ3v) is 2.63. The normalized spacial score (nSPS) is 9.80. The third kappa shape index (κ3) is 2.08. The monoisotopic (exact) mass is 217 g/mol. The van der Waals surface area contributed by atoms with Crippen LogP contribution in [0.1, 0.15) is 5.56 Å². The molecule has 0 amide bonds. The standard InChI is InChI=1S/C9H7N5S/c10-4-6-3-7(1-2-8(6)11)15-9-12-5-13-14-9/h1-3,5H,11H2,(H,12,13,14). The molecule has 0 saturated heterocycles. The largest absolute Gasteiger partial charge is 0.398 e. The SMILES string of the molecule is N#Cc1cc(Sc2ncn[nH]2)ccc1N. The number of rotatable bonds is 2. The van der Waals surface area contributed by atoms with E-state index >= 15 is 0 Å². The summed E-state index contributed by atoms with van der Waals surface area (Å²) >= 11 is 1.40. The van der Waals surface area contributed by atoms with Gasteiger partial charge in [-0.2, -0.15) is 10.4 Å². The van der Waals surface area contributed by atoms with Gasteiger partial charge >= 0.3 is 0 Å². The Labute approximate surface area is 90.3 Å². The summed E-state index contributed by atoms with van der Waals surface area (Å²) < 4.78 is 0. The van der Waals surface area contributed by atoms with Gasteiger partial charge in [0.2, 0.25) is 0 Å². The van der Waals surface area contributed by atoms with Crippen LogP contribution in [-0.2, 0) is 0 Å². The number of anilines is 1. The van der Waals surface area contributed by atoms with Crippen LogP contribution in [-0.4, -0.2) is 15.2 Å². The van der Waals surface area contributed by atoms with Gasteiger partial charge in [0.15, 0.2) is 5.16 Å². The maximum absolute atomic E-state index is 8.79. The fraction of sp³-hybridized carbons (Fsp3) is 0. The summed E-state index contributed by atoms with van der Waals surface area (Å²) in [5.41, 5.74) is 6.56. The fourth-order valence-corrected chi connectivity index (χ4v) is 1.79. The van der Waals surface area contributed by atoms with Gasteiger partial charge in [-0.1, -0.05) is 11.8 Å². The number of nitrogens with zero attached hydrogens (tertiary/aromatic N) is 3. The van der Waals surface area contributed by atoms with Gasteiger partial charge in [0.05, 0.1) is 5.56 Å². The second-order valence-corrected chi connectivity index (χ2v) is 3.82. The van der Waals surface area contributed by atoms with E-state index in [2.05, 4.69) is 15.2 Å². The van der Waals surface area contributed by atoms with Crippen LogP contribution in [0.15, 0.2) is 34.6 Å². The average Bonchev–Trinajstić information content (AvgIpc) is 2.73. The molecule has 0 saturated carbocycles. The quantitative estimate of drug-likeness (QED) is 0.742. The van der Waals surface area contributed by atoms with E-state index in [1.54, 1.807) is 12.1 Å². The molecule has 0 spiro atoms. The molecule has 0 atom stereocenters. The van der Waals surface area contributed by atoms with E-state index in [1.165, 1.54) is 18.1 Å². The van der Waals surface area contributed by atoms with E-state index in [4.69, 9.17) is 11.0 Å². The molecule has 0 bridgehead atoms. The van der Waals surface area contributed by atoms with Crippen molar-refractivity contribution in [2.75, 3.05) is 5.73 Å². The number of benzene rings is 1. The van der Waals surface area contributed by atoms with Gasteiger partial charge in [0.1, 0.15) is 12.4 Å². The number of nitriles is 1. The molecular weight excluding hydrogens is 210 g/mol. The zero-order chi connectivity index (χ0) is 10.7. The second-order valence-electron chi connectivity index (χ2n) is 2.75. The van der Waals surface area contributed by atoms with E-state index < -0.39 is 0 Å². The van der Waals surface area contributed by atoms with Crippen LogP contribution >= 0.6 is 11.8 Å². The fourth-order valence-electron chi connectivity index (χ4n) is 1.05. The molecule has 5 nitrogen and oxygen atoms in total. The van der Waals surface area contributed by atoms with E-state index in [0.717, 1.165) is 4.90 Å². The number of H-pyrrole nitrogens is 1. The van der Waals surface area contributed by atoms with E-state index in [-0.39, 0.29) is 0 Å². The maximum atomic E-state index is 8.79. The van der Waals surface area contributed by atoms with E-state index in [9.17, 15) is 0 Å². The number of hydrogen-bond acceptors (Lipinski definition) is 5. The van der Waals surface area contributed by atoms with Crippen molar-refractivity contribution in [3.05, 3.63) is 30.1 Å². The summed E-state index contributed by atoms with van der Waals surface area (Å²) in [7, 11) is 0. The Balaban J connectivity index is 2.27. The molecule has 0 radical (unpaired) electrons. The highest BCUT2D eigenvalue weighted by molar-refractivity contribution is 7.99. The van der Waals surface area contributed by atoms with Crippen LogP contribution < -0.4 is 5.73 Å². The lowest BCUT2D eigenvalue weighted by Crippen LogP contribution is -1.89. The first-order valence-corrected chi connectivity index (χ1v) is 4.94. The molecule has 2 rings (SSSR count). The minimum absolute atomic E-state index is 0.472. The zero-order valence-corrected chi connectivity index (χ0v) is 8.45. The van der Waals surface area contributed by atoms with Crippen LogP contribution in [0.2, 0.25) is 0 Å². The number of nitrogen functional groups attached to an aromatic ring is 1. The van der Waals surface area contributed by atoms with Crippen LogP contribution in [0.3, 0.4) is 0 Å². The molecule has 1 aromatic heterocycles. The van der Waals surface area contributed by atoms with Gasteiger partial charge < -0.3 is 5.73 Å². The smallest absolute Gasteiger partial charge is 0.188 e. The highest BCUT2D eigenvalue weighted by Gasteiger charge is 2.03. The highest BCUT2D eigenvalue weighted by atomic mass is 32.2. The molecule has 15 heavy (non-hydrogen) atoms. The summed E-state index contributed by atoms with van der Waals surface area (Å²) in [6.07, 6.45) is 1.44. The number of nitrogens with two attached hydrogens (primary N) is 1. The first kappa shape index (κ1) is 9.55. The Morgan fingerprint density at radius 1 is 1.47 bits per heavy atom. The number of aromatic nitrogens is 3. The summed E-state index contributed by atoms with van der Waals surface area (Å²) in [5, 5.41) is 15.9. The van der Waals surface area contributed by atoms with Gasteiger partial charge in [-0.05, 0) is 18.2 Å². The Hall–Kier alpha value is -2.00. The summed E-state index contributed by atoms with van der Waals surface area (Å²) in [6.45, 7) is 0. The molecule has 3 N–H and O–H groups in total. The molecule has 1 heterocycles. The lowest BCUT2D eigenvalue weighted by Gasteiger charge is -2.00. The minimum Gasteiger partial charge on any atom is -0.398 e. The van der Waals surface area contributed by atoms with Gasteiger partial charge in [-0.3, -0.25) is 5.10 Å². The first-order chi connectivity index (χ1) is 7.29. The first-order valence-electron chi connectivity index (χ1n) is 4.12. The number of aromatic amines is 1. The van der Waals surface area contributed by atoms with Crippen molar-refractivity contribution in [3.8, 4) is 6.07 Å². The third-order valence-electron chi connectivity index (χ3n) is 1.75. The Morgan fingerprint density at radius 3 is 3.00 bits per heavy atom. The zero-order valence-electron chi connectivity index (χ0n) is 7.64. The van der Waals surface area contributed by atoms with Crippen molar-refractivity contribution >= 4 is 17.4 Å². The van der Waals surface area contributed by atoms with Crippen LogP contribution in [0.4, 0.5) is 5.69 Å². The molecule has 0 unspecified atom stereocenters. The van der Waals surface area contributed by atoms with E-state index in [1.807, 2.05) is 12.1 Å². The van der Waals surface area contributed by atoms with Crippen molar-refractivity contribution in [2.45, 2.75) is 10.1 Å². The molecule has 74 valence electrons. The Morgan fingerprint density at radius 2 is 2.33 bits per heavy atom. The summed E-state index contributed by atoms with van der Waals surface area (Å²) in [4.78, 5) is 4.87. The van der Waals surface area contributed by atoms with Gasteiger partial charge in [-0.15, -0.1) is 0 Å². The molecule has 2 aromatic rings. The van der Waals surface area contributed by atoms with Gasteiger partial charge in [0, 0.05) is 10.6 Å². The molecule has 6 heteroatoms. The van der Waals surface area contributed by atoms with Crippen LogP contribution in [0.25, 0.3) is 0 Å². The molecule has 0 aliphatic rings. The number of hydrogen-bond donors (Lipinski definition) is 2. The van der Waals surface area contributed by atoms with Crippen molar-refractivity contribution in [2.24, 2.45) is 0 Å². The van der Waals surface area contributed by atoms with Crippen LogP contribution in [0, 0.1) is 11.3 Å². The van der Waals surface area contributed by atoms with Gasteiger partial charge in [0.25, 0.3) is 0 Å². The average molecular weight is 217 g/mol. The lowest BCUT2D eigenvalue weighted by molar-refractivity contribution is 0.973. The molecule has 0 fully saturated rings. The highest BCUT2D eigenvalue weighted by Crippen LogP contribution is 2.26. The summed E-state index contributed by atoms with van der Waals surface area (Å²) in [6, 6.07) is 7.30. The molecule has 0 aliphatic heterocycles. The maximum Gasteiger partial charge on any atom is 0.188 e. The lowest BCUT2D eigenvalue weighted by atomic mass is 10.2. The van der Waals surface area contributed by atoms with Crippen molar-refractivity contribution in [1.29, 1.82) is 5.26 Å². The summed E-state index contributed by atoms with van der Waals surface area (Å²) in [5.74, 6) is 0. The van der Waals surface area contributed by atoms with Crippen molar-refractivity contribution < 1.29 is 0 Å². The number of nitrogens with one attached hydrogen (secondary N) is 1. The predicted octanol–water partition coefficient (Wildman–Crippen LogP) is 1.41. The molecular formula is C9H7N5S. The molecule has 1 aromatic carbocycles. The van der Waals surface area contributed by atoms with Gasteiger partial charge in [-0.25, -0.2) is 4.98 Å². The topological polar surface area (TPSA) is 91.4 Å². The Kier molecular flexibility index (Phi) is 2.56. The predicted molar refractivity (Wildman–Crippen MR) is 56.1 cm³/mol. The van der Waals surface area contributed by atoms with Crippen LogP contribution in [0.5, 0.6) is 0 Å². The second kappa shape index (κ2) is 4.02. The van der Waals surface area contributed by atoms with Crippen molar-refractivity contribution in [1.82, 2.24) is 15.2 Å².